The number of carbonyl (C=O) groups excluding carboxylic acids is 1. The van der Waals surface area contributed by atoms with Crippen LogP contribution in [0, 0.1) is 0 Å². The third kappa shape index (κ3) is 4.11. The number of rotatable bonds is 3. The van der Waals surface area contributed by atoms with Crippen LogP contribution in [0.1, 0.15) is 19.5 Å². The van der Waals surface area contributed by atoms with Gasteiger partial charge in [0.1, 0.15) is 11.2 Å². The van der Waals surface area contributed by atoms with Gasteiger partial charge in [-0.15, -0.1) is 0 Å². The molecule has 1 heterocycles. The van der Waals surface area contributed by atoms with E-state index in [1.807, 2.05) is 0 Å². The second-order valence-electron chi connectivity index (χ2n) is 4.44. The van der Waals surface area contributed by atoms with Crippen molar-refractivity contribution in [3.05, 3.63) is 24.0 Å². The summed E-state index contributed by atoms with van der Waals surface area (Å²) in [6.45, 7) is 2.53. The van der Waals surface area contributed by atoms with E-state index in [4.69, 9.17) is 5.11 Å². The van der Waals surface area contributed by atoms with Gasteiger partial charge in [0.15, 0.2) is 0 Å². The Bertz CT molecular complexity index is 512. The van der Waals surface area contributed by atoms with E-state index < -0.39 is 29.4 Å². The molecule has 0 aliphatic carbocycles. The van der Waals surface area contributed by atoms with Crippen molar-refractivity contribution in [3.63, 3.8) is 0 Å². The number of aromatic nitrogens is 1. The van der Waals surface area contributed by atoms with Crippen LogP contribution in [-0.4, -0.2) is 27.6 Å². The maximum Gasteiger partial charge on any atom is 0.433 e. The average molecular weight is 291 g/mol. The Morgan fingerprint density at radius 3 is 2.25 bits per heavy atom. The van der Waals surface area contributed by atoms with Crippen molar-refractivity contribution in [2.45, 2.75) is 25.6 Å². The Morgan fingerprint density at radius 2 is 1.85 bits per heavy atom. The van der Waals surface area contributed by atoms with E-state index >= 15 is 0 Å². The van der Waals surface area contributed by atoms with Crippen molar-refractivity contribution >= 4 is 17.7 Å². The van der Waals surface area contributed by atoms with Gasteiger partial charge in [0.25, 0.3) is 0 Å². The first kappa shape index (κ1) is 15.7. The number of carboxylic acids is 1. The number of aliphatic carboxylic acids is 1. The molecule has 20 heavy (non-hydrogen) atoms. The van der Waals surface area contributed by atoms with Gasteiger partial charge in [0.2, 0.25) is 0 Å². The van der Waals surface area contributed by atoms with Crippen molar-refractivity contribution in [3.8, 4) is 0 Å². The van der Waals surface area contributed by atoms with Crippen LogP contribution >= 0.6 is 0 Å². The molecule has 0 spiro atoms. The van der Waals surface area contributed by atoms with Crippen LogP contribution in [0.2, 0.25) is 0 Å². The van der Waals surface area contributed by atoms with Crippen LogP contribution in [0.15, 0.2) is 18.3 Å². The summed E-state index contributed by atoms with van der Waals surface area (Å²) in [6, 6.07) is 0.861. The van der Waals surface area contributed by atoms with Crippen LogP contribution in [0.3, 0.4) is 0 Å². The number of amides is 2. The maximum atomic E-state index is 12.3. The van der Waals surface area contributed by atoms with E-state index in [0.717, 1.165) is 12.3 Å². The Kier molecular flexibility index (Phi) is 4.21. The highest BCUT2D eigenvalue weighted by molar-refractivity contribution is 5.93. The second kappa shape index (κ2) is 5.35. The van der Waals surface area contributed by atoms with Crippen molar-refractivity contribution in [1.82, 2.24) is 10.3 Å². The summed E-state index contributed by atoms with van der Waals surface area (Å²) in [5, 5.41) is 13.1. The monoisotopic (exact) mass is 291 g/mol. The minimum atomic E-state index is -4.56. The Hall–Kier alpha value is -2.32. The number of hydrogen-bond acceptors (Lipinski definition) is 3. The predicted molar refractivity (Wildman–Crippen MR) is 63.1 cm³/mol. The number of anilines is 1. The summed E-state index contributed by atoms with van der Waals surface area (Å²) in [6.07, 6.45) is -3.73. The number of urea groups is 1. The number of nitrogens with zero attached hydrogens (tertiary/aromatic N) is 1. The van der Waals surface area contributed by atoms with Gasteiger partial charge in [0, 0.05) is 0 Å². The molecule has 6 nitrogen and oxygen atoms in total. The number of nitrogens with one attached hydrogen (secondary N) is 2. The van der Waals surface area contributed by atoms with E-state index in [1.54, 1.807) is 0 Å². The molecule has 0 aliphatic rings. The minimum absolute atomic E-state index is 0.0108. The van der Waals surface area contributed by atoms with Gasteiger partial charge in [-0.1, -0.05) is 0 Å². The van der Waals surface area contributed by atoms with Gasteiger partial charge in [-0.25, -0.2) is 14.6 Å². The van der Waals surface area contributed by atoms with Gasteiger partial charge in [-0.2, -0.15) is 13.2 Å². The van der Waals surface area contributed by atoms with Crippen LogP contribution in [0.25, 0.3) is 0 Å². The summed E-state index contributed by atoms with van der Waals surface area (Å²) >= 11 is 0. The lowest BCUT2D eigenvalue weighted by molar-refractivity contribution is -0.143. The normalized spacial score (nSPS) is 11.8. The average Bonchev–Trinajstić information content (AvgIpc) is 2.27. The fourth-order valence-electron chi connectivity index (χ4n) is 1.14. The quantitative estimate of drug-likeness (QED) is 0.795. The van der Waals surface area contributed by atoms with Crippen molar-refractivity contribution in [2.75, 3.05) is 5.32 Å². The SMILES string of the molecule is CC(C)(NC(=O)Nc1ccc(C(F)(F)F)nc1)C(=O)O. The van der Waals surface area contributed by atoms with Crippen molar-refractivity contribution in [2.24, 2.45) is 0 Å². The molecule has 3 N–H and O–H groups in total. The number of pyridine rings is 1. The first-order valence-electron chi connectivity index (χ1n) is 5.38. The molecule has 0 fully saturated rings. The molecule has 0 aliphatic heterocycles. The first-order chi connectivity index (χ1) is 9.02. The topological polar surface area (TPSA) is 91.3 Å². The van der Waals surface area contributed by atoms with E-state index in [1.165, 1.54) is 13.8 Å². The van der Waals surface area contributed by atoms with Crippen LogP contribution in [0.5, 0.6) is 0 Å². The maximum absolute atomic E-state index is 12.3. The number of carboxylic acid groups (broad SMARTS) is 1. The fourth-order valence-corrected chi connectivity index (χ4v) is 1.14. The zero-order valence-corrected chi connectivity index (χ0v) is 10.6. The highest BCUT2D eigenvalue weighted by Gasteiger charge is 2.32. The molecule has 0 saturated carbocycles. The Morgan fingerprint density at radius 1 is 1.25 bits per heavy atom. The molecule has 0 unspecified atom stereocenters. The van der Waals surface area contributed by atoms with Gasteiger partial charge in [-0.3, -0.25) is 0 Å². The Balaban J connectivity index is 2.70. The fraction of sp³-hybridized carbons (Fsp3) is 0.364. The smallest absolute Gasteiger partial charge is 0.433 e. The van der Waals surface area contributed by atoms with Crippen LogP contribution < -0.4 is 10.6 Å². The molecule has 110 valence electrons. The zero-order valence-electron chi connectivity index (χ0n) is 10.6. The van der Waals surface area contributed by atoms with Gasteiger partial charge >= 0.3 is 18.2 Å². The summed E-state index contributed by atoms with van der Waals surface area (Å²) in [4.78, 5) is 25.4. The lowest BCUT2D eigenvalue weighted by atomic mass is 10.1. The number of hydrogen-bond donors (Lipinski definition) is 3. The predicted octanol–water partition coefficient (Wildman–Crippen LogP) is 2.09. The standard InChI is InChI=1S/C11H12F3N3O3/c1-10(2,8(18)19)17-9(20)16-6-3-4-7(15-5-6)11(12,13)14/h3-5H,1-2H3,(H,18,19)(H2,16,17,20). The molecule has 0 radical (unpaired) electrons. The van der Waals surface area contributed by atoms with Gasteiger partial charge in [-0.05, 0) is 26.0 Å². The molecule has 1 aromatic heterocycles. The van der Waals surface area contributed by atoms with E-state index in [-0.39, 0.29) is 5.69 Å². The van der Waals surface area contributed by atoms with Gasteiger partial charge < -0.3 is 15.7 Å². The lowest BCUT2D eigenvalue weighted by Gasteiger charge is -2.21. The molecule has 0 aromatic carbocycles. The summed E-state index contributed by atoms with van der Waals surface area (Å²) in [5.74, 6) is -1.25. The largest absolute Gasteiger partial charge is 0.480 e. The molecule has 1 aromatic rings. The molecular formula is C11H12F3N3O3. The van der Waals surface area contributed by atoms with Crippen LogP contribution in [0.4, 0.5) is 23.7 Å². The third-order valence-electron chi connectivity index (χ3n) is 2.27. The van der Waals surface area contributed by atoms with Gasteiger partial charge in [0.05, 0.1) is 11.9 Å². The highest BCUT2D eigenvalue weighted by atomic mass is 19.4. The van der Waals surface area contributed by atoms with Crippen molar-refractivity contribution in [1.29, 1.82) is 0 Å². The van der Waals surface area contributed by atoms with Crippen LogP contribution in [-0.2, 0) is 11.0 Å². The third-order valence-corrected chi connectivity index (χ3v) is 2.27. The van der Waals surface area contributed by atoms with E-state index in [0.29, 0.717) is 6.07 Å². The number of carbonyl (C=O) groups is 2. The molecule has 9 heteroatoms. The summed E-state index contributed by atoms with van der Waals surface area (Å²) < 4.78 is 36.8. The second-order valence-corrected chi connectivity index (χ2v) is 4.44. The zero-order chi connectivity index (χ0) is 15.6. The number of alkyl halides is 3. The highest BCUT2D eigenvalue weighted by Crippen LogP contribution is 2.27. The molecule has 2 amide bonds. The minimum Gasteiger partial charge on any atom is -0.480 e. The van der Waals surface area contributed by atoms with Crippen molar-refractivity contribution < 1.29 is 27.9 Å². The Labute approximate surface area is 112 Å². The lowest BCUT2D eigenvalue weighted by Crippen LogP contribution is -2.51. The molecule has 1 rings (SSSR count). The molecule has 0 bridgehead atoms. The number of halogens is 3. The van der Waals surface area contributed by atoms with E-state index in [2.05, 4.69) is 15.6 Å². The first-order valence-corrected chi connectivity index (χ1v) is 5.38. The van der Waals surface area contributed by atoms with E-state index in [9.17, 15) is 22.8 Å². The summed E-state index contributed by atoms with van der Waals surface area (Å²) in [5.41, 5.74) is -2.59. The molecule has 0 saturated heterocycles. The molecule has 0 atom stereocenters. The summed E-state index contributed by atoms with van der Waals surface area (Å²) in [7, 11) is 0. The molecular weight excluding hydrogens is 279 g/mol.